The van der Waals surface area contributed by atoms with Gasteiger partial charge in [-0.15, -0.1) is 10.2 Å². The summed E-state index contributed by atoms with van der Waals surface area (Å²) in [5.74, 6) is 0.0783. The first-order valence-corrected chi connectivity index (χ1v) is 5.40. The molecule has 0 atom stereocenters. The van der Waals surface area contributed by atoms with Gasteiger partial charge in [-0.2, -0.15) is 10.1 Å². The molecule has 0 unspecified atom stereocenters. The van der Waals surface area contributed by atoms with Crippen molar-refractivity contribution in [1.82, 2.24) is 45.5 Å². The molecule has 4 aromatic heterocycles. The summed E-state index contributed by atoms with van der Waals surface area (Å²) in [6.45, 7) is 0. The fourth-order valence-electron chi connectivity index (χ4n) is 1.48. The van der Waals surface area contributed by atoms with Crippen LogP contribution in [-0.4, -0.2) is 45.5 Å². The van der Waals surface area contributed by atoms with Crippen LogP contribution in [0, 0.1) is 0 Å². The number of anilines is 1. The maximum absolute atomic E-state index is 11.0. The Morgan fingerprint density at radius 3 is 3.00 bits per heavy atom. The summed E-state index contributed by atoms with van der Waals surface area (Å²) >= 11 is 0. The number of nitrogens with one attached hydrogen (secondary N) is 3. The second-order valence-electron chi connectivity index (χ2n) is 3.66. The number of aromatic nitrogens is 9. The number of nitrogens with two attached hydrogens (primary N) is 1. The second-order valence-corrected chi connectivity index (χ2v) is 3.66. The Balaban J connectivity index is 0.000000123. The molecule has 0 amide bonds. The van der Waals surface area contributed by atoms with Gasteiger partial charge in [-0.3, -0.25) is 14.9 Å². The monoisotopic (exact) mass is 272 g/mol. The number of fused-ring (bicyclic) bond motifs is 2. The lowest BCUT2D eigenvalue weighted by atomic mass is 10.5. The largest absolute Gasteiger partial charge is 0.369 e. The molecule has 5 N–H and O–H groups in total. The third-order valence-corrected chi connectivity index (χ3v) is 2.35. The van der Waals surface area contributed by atoms with Crippen molar-refractivity contribution < 1.29 is 0 Å². The minimum absolute atomic E-state index is 0.0783. The Morgan fingerprint density at radius 1 is 1.25 bits per heavy atom. The fraction of sp³-hybridized carbons (Fsp3) is 0. The normalized spacial score (nSPS) is 10.4. The highest BCUT2D eigenvalue weighted by molar-refractivity contribution is 5.70. The topological polar surface area (TPSA) is 168 Å². The van der Waals surface area contributed by atoms with E-state index in [0.29, 0.717) is 11.2 Å². The van der Waals surface area contributed by atoms with E-state index in [4.69, 9.17) is 5.73 Å². The van der Waals surface area contributed by atoms with Crippen molar-refractivity contribution in [2.24, 2.45) is 0 Å². The first kappa shape index (κ1) is 11.7. The molecule has 100 valence electrons. The van der Waals surface area contributed by atoms with Gasteiger partial charge in [0.15, 0.2) is 11.2 Å². The lowest BCUT2D eigenvalue weighted by molar-refractivity contribution is 0.894. The van der Waals surface area contributed by atoms with Crippen molar-refractivity contribution in [2.75, 3.05) is 5.73 Å². The first-order chi connectivity index (χ1) is 9.74. The van der Waals surface area contributed by atoms with Gasteiger partial charge in [0.2, 0.25) is 5.95 Å². The van der Waals surface area contributed by atoms with Gasteiger partial charge in [0, 0.05) is 0 Å². The third-order valence-electron chi connectivity index (χ3n) is 2.35. The predicted molar refractivity (Wildman–Crippen MR) is 68.4 cm³/mol. The maximum atomic E-state index is 11.0. The molecule has 0 fully saturated rings. The van der Waals surface area contributed by atoms with E-state index in [-0.39, 0.29) is 11.5 Å². The van der Waals surface area contributed by atoms with Gasteiger partial charge in [0.05, 0.1) is 18.7 Å². The number of nitrogen functional groups attached to an aromatic ring is 1. The summed E-state index contributed by atoms with van der Waals surface area (Å²) in [5.41, 5.74) is 7.20. The van der Waals surface area contributed by atoms with E-state index in [2.05, 4.69) is 45.5 Å². The molecule has 0 spiro atoms. The molecule has 0 saturated carbocycles. The van der Waals surface area contributed by atoms with Gasteiger partial charge in [0.1, 0.15) is 11.0 Å². The highest BCUT2D eigenvalue weighted by Gasteiger charge is 2.01. The van der Waals surface area contributed by atoms with Crippen LogP contribution < -0.4 is 11.3 Å². The van der Waals surface area contributed by atoms with Crippen molar-refractivity contribution >= 4 is 28.1 Å². The quantitative estimate of drug-likeness (QED) is 0.315. The first-order valence-electron chi connectivity index (χ1n) is 5.40. The Kier molecular flexibility index (Phi) is 2.76. The van der Waals surface area contributed by atoms with E-state index in [0.717, 1.165) is 11.0 Å². The zero-order chi connectivity index (χ0) is 13.9. The predicted octanol–water partition coefficient (Wildman–Crippen LogP) is -1.02. The molecule has 11 heteroatoms. The molecule has 0 aliphatic carbocycles. The molecule has 0 radical (unpaired) electrons. The van der Waals surface area contributed by atoms with Crippen molar-refractivity contribution in [3.63, 3.8) is 0 Å². The minimum atomic E-state index is -0.301. The SMILES string of the molecule is Nc1nc2nc[nH]c2c(=O)[nH]1.c1n[nH]c2cnnnc12. The van der Waals surface area contributed by atoms with E-state index in [1.54, 1.807) is 12.4 Å². The van der Waals surface area contributed by atoms with Crippen molar-refractivity contribution in [3.8, 4) is 0 Å². The maximum Gasteiger partial charge on any atom is 0.278 e. The van der Waals surface area contributed by atoms with E-state index >= 15 is 0 Å². The Morgan fingerprint density at radius 2 is 2.15 bits per heavy atom. The molecule has 0 aromatic carbocycles. The van der Waals surface area contributed by atoms with Crippen LogP contribution in [-0.2, 0) is 0 Å². The molecule has 11 nitrogen and oxygen atoms in total. The second kappa shape index (κ2) is 4.72. The minimum Gasteiger partial charge on any atom is -0.369 e. The number of aromatic amines is 3. The summed E-state index contributed by atoms with van der Waals surface area (Å²) in [7, 11) is 0. The van der Waals surface area contributed by atoms with Crippen LogP contribution in [0.5, 0.6) is 0 Å². The molecule has 0 bridgehead atoms. The highest BCUT2D eigenvalue weighted by atomic mass is 16.1. The third kappa shape index (κ3) is 2.14. The van der Waals surface area contributed by atoms with Gasteiger partial charge in [-0.25, -0.2) is 4.98 Å². The lowest BCUT2D eigenvalue weighted by Gasteiger charge is -1.89. The van der Waals surface area contributed by atoms with E-state index in [9.17, 15) is 4.79 Å². The average molecular weight is 272 g/mol. The number of imidazole rings is 1. The zero-order valence-corrected chi connectivity index (χ0v) is 9.90. The van der Waals surface area contributed by atoms with Gasteiger partial charge in [-0.1, -0.05) is 0 Å². The molecule has 0 aliphatic rings. The van der Waals surface area contributed by atoms with Gasteiger partial charge in [-0.05, 0) is 5.21 Å². The molecule has 4 aromatic rings. The van der Waals surface area contributed by atoms with Crippen LogP contribution in [0.15, 0.2) is 23.5 Å². The molecular weight excluding hydrogens is 264 g/mol. The molecule has 0 aliphatic heterocycles. The van der Waals surface area contributed by atoms with Crippen molar-refractivity contribution in [1.29, 1.82) is 0 Å². The summed E-state index contributed by atoms with van der Waals surface area (Å²) in [5, 5.41) is 17.1. The Hall–Kier alpha value is -3.37. The number of rotatable bonds is 0. The number of H-pyrrole nitrogens is 3. The lowest BCUT2D eigenvalue weighted by Crippen LogP contribution is -2.10. The van der Waals surface area contributed by atoms with Crippen LogP contribution in [0.25, 0.3) is 22.2 Å². The van der Waals surface area contributed by atoms with Crippen LogP contribution in [0.2, 0.25) is 0 Å². The summed E-state index contributed by atoms with van der Waals surface area (Å²) < 4.78 is 0. The standard InChI is InChI=1S/C5H5N5O.C4H3N5/c6-5-9-3-2(4(11)10-5)7-1-8-3;1-4-3(7-5-1)2-6-9-8-4/h1H,(H4,6,7,8,9,10,11);1-2H,(H,5,7). The van der Waals surface area contributed by atoms with Crippen LogP contribution in [0.3, 0.4) is 0 Å². The Labute approximate surface area is 109 Å². The molecule has 4 rings (SSSR count). The zero-order valence-electron chi connectivity index (χ0n) is 9.90. The fourth-order valence-corrected chi connectivity index (χ4v) is 1.48. The summed E-state index contributed by atoms with van der Waals surface area (Å²) in [6, 6.07) is 0. The van der Waals surface area contributed by atoms with Crippen molar-refractivity contribution in [3.05, 3.63) is 29.1 Å². The van der Waals surface area contributed by atoms with Crippen molar-refractivity contribution in [2.45, 2.75) is 0 Å². The van der Waals surface area contributed by atoms with E-state index < -0.39 is 0 Å². The molecular formula is C9H8N10O. The van der Waals surface area contributed by atoms with Gasteiger partial charge < -0.3 is 10.7 Å². The van der Waals surface area contributed by atoms with Crippen LogP contribution in [0.1, 0.15) is 0 Å². The average Bonchev–Trinajstić information content (AvgIpc) is 3.06. The number of hydrogen-bond donors (Lipinski definition) is 4. The van der Waals surface area contributed by atoms with Crippen LogP contribution >= 0.6 is 0 Å². The summed E-state index contributed by atoms with van der Waals surface area (Å²) in [6.07, 6.45) is 4.58. The highest BCUT2D eigenvalue weighted by Crippen LogP contribution is 2.00. The van der Waals surface area contributed by atoms with E-state index in [1.807, 2.05) is 0 Å². The number of hydrogen-bond acceptors (Lipinski definition) is 8. The smallest absolute Gasteiger partial charge is 0.278 e. The van der Waals surface area contributed by atoms with Gasteiger partial charge >= 0.3 is 0 Å². The molecule has 0 saturated heterocycles. The molecule has 20 heavy (non-hydrogen) atoms. The van der Waals surface area contributed by atoms with Gasteiger partial charge in [0.25, 0.3) is 5.56 Å². The summed E-state index contributed by atoms with van der Waals surface area (Å²) in [4.78, 5) is 23.5. The molecule has 4 heterocycles. The van der Waals surface area contributed by atoms with Crippen LogP contribution in [0.4, 0.5) is 5.95 Å². The number of nitrogens with zero attached hydrogens (tertiary/aromatic N) is 6. The Bertz CT molecular complexity index is 875. The van der Waals surface area contributed by atoms with E-state index in [1.165, 1.54) is 6.33 Å².